The van der Waals surface area contributed by atoms with Gasteiger partial charge in [-0.25, -0.2) is 4.68 Å². The van der Waals surface area contributed by atoms with E-state index in [0.29, 0.717) is 25.6 Å². The molecule has 7 nitrogen and oxygen atoms in total. The maximum Gasteiger partial charge on any atom is 0.234 e. The SMILES string of the molecule is O=C1C[C@@H](C(=O)N2CCCn3ncnc32)CN1CCc1ccccc1. The lowest BCUT2D eigenvalue weighted by atomic mass is 10.1. The molecular formula is C18H21N5O2. The fourth-order valence-electron chi connectivity index (χ4n) is 3.59. The number of anilines is 1. The Labute approximate surface area is 146 Å². The molecule has 0 spiro atoms. The highest BCUT2D eigenvalue weighted by molar-refractivity contribution is 5.98. The molecule has 1 atom stereocenters. The molecule has 0 saturated carbocycles. The van der Waals surface area contributed by atoms with Gasteiger partial charge in [-0.3, -0.25) is 14.5 Å². The number of benzene rings is 1. The number of aryl methyl sites for hydroxylation is 1. The van der Waals surface area contributed by atoms with E-state index in [1.807, 2.05) is 23.1 Å². The second-order valence-electron chi connectivity index (χ2n) is 6.60. The van der Waals surface area contributed by atoms with Crippen molar-refractivity contribution in [2.45, 2.75) is 25.8 Å². The largest absolute Gasteiger partial charge is 0.342 e. The number of nitrogens with zero attached hydrogens (tertiary/aromatic N) is 5. The van der Waals surface area contributed by atoms with Crippen LogP contribution in [-0.4, -0.2) is 51.1 Å². The summed E-state index contributed by atoms with van der Waals surface area (Å²) in [5.41, 5.74) is 1.20. The predicted octanol–water partition coefficient (Wildman–Crippen LogP) is 1.11. The third-order valence-corrected chi connectivity index (χ3v) is 4.93. The summed E-state index contributed by atoms with van der Waals surface area (Å²) in [5.74, 6) is 0.371. The molecule has 0 aliphatic carbocycles. The number of rotatable bonds is 4. The van der Waals surface area contributed by atoms with Crippen LogP contribution in [0.5, 0.6) is 0 Å². The van der Waals surface area contributed by atoms with Crippen LogP contribution < -0.4 is 4.90 Å². The molecule has 4 rings (SSSR count). The second kappa shape index (κ2) is 6.66. The molecule has 3 heterocycles. The van der Waals surface area contributed by atoms with Crippen molar-refractivity contribution in [1.82, 2.24) is 19.7 Å². The summed E-state index contributed by atoms with van der Waals surface area (Å²) in [7, 11) is 0. The van der Waals surface area contributed by atoms with Gasteiger partial charge in [-0.05, 0) is 18.4 Å². The van der Waals surface area contributed by atoms with Crippen LogP contribution in [0.4, 0.5) is 5.95 Å². The highest BCUT2D eigenvalue weighted by atomic mass is 16.2. The van der Waals surface area contributed by atoms with E-state index in [-0.39, 0.29) is 24.2 Å². The first-order valence-electron chi connectivity index (χ1n) is 8.73. The molecule has 0 bridgehead atoms. The van der Waals surface area contributed by atoms with Gasteiger partial charge in [-0.15, -0.1) is 0 Å². The van der Waals surface area contributed by atoms with Gasteiger partial charge in [0, 0.05) is 32.6 Å². The van der Waals surface area contributed by atoms with E-state index in [1.165, 1.54) is 11.9 Å². The van der Waals surface area contributed by atoms with Crippen LogP contribution in [0, 0.1) is 5.92 Å². The number of likely N-dealkylation sites (tertiary alicyclic amines) is 1. The lowest BCUT2D eigenvalue weighted by Crippen LogP contribution is -2.42. The third kappa shape index (κ3) is 3.14. The molecule has 1 aromatic carbocycles. The Balaban J connectivity index is 1.40. The number of carbonyl (C=O) groups excluding carboxylic acids is 2. The van der Waals surface area contributed by atoms with Crippen LogP contribution in [0.25, 0.3) is 0 Å². The normalized spacial score (nSPS) is 20.0. The van der Waals surface area contributed by atoms with Crippen molar-refractivity contribution >= 4 is 17.8 Å². The van der Waals surface area contributed by atoms with Gasteiger partial charge in [-0.2, -0.15) is 10.1 Å². The minimum Gasteiger partial charge on any atom is -0.342 e. The zero-order valence-corrected chi connectivity index (χ0v) is 14.0. The lowest BCUT2D eigenvalue weighted by Gasteiger charge is -2.28. The van der Waals surface area contributed by atoms with Crippen LogP contribution in [-0.2, 0) is 22.6 Å². The van der Waals surface area contributed by atoms with E-state index in [4.69, 9.17) is 0 Å². The highest BCUT2D eigenvalue weighted by Gasteiger charge is 2.38. The van der Waals surface area contributed by atoms with Crippen molar-refractivity contribution < 1.29 is 9.59 Å². The number of fused-ring (bicyclic) bond motifs is 1. The Morgan fingerprint density at radius 1 is 1.20 bits per heavy atom. The van der Waals surface area contributed by atoms with Crippen molar-refractivity contribution in [1.29, 1.82) is 0 Å². The van der Waals surface area contributed by atoms with Crippen molar-refractivity contribution in [3.8, 4) is 0 Å². The molecule has 2 aliphatic rings. The second-order valence-corrected chi connectivity index (χ2v) is 6.60. The summed E-state index contributed by atoms with van der Waals surface area (Å²) >= 11 is 0. The molecule has 0 unspecified atom stereocenters. The number of hydrogen-bond acceptors (Lipinski definition) is 4. The van der Waals surface area contributed by atoms with Crippen molar-refractivity contribution in [2.75, 3.05) is 24.5 Å². The molecule has 2 aromatic rings. The molecule has 0 radical (unpaired) electrons. The van der Waals surface area contributed by atoms with Gasteiger partial charge in [0.25, 0.3) is 0 Å². The zero-order valence-electron chi connectivity index (χ0n) is 14.0. The van der Waals surface area contributed by atoms with Gasteiger partial charge in [-0.1, -0.05) is 30.3 Å². The highest BCUT2D eigenvalue weighted by Crippen LogP contribution is 2.25. The molecule has 1 fully saturated rings. The summed E-state index contributed by atoms with van der Waals surface area (Å²) < 4.78 is 1.76. The average Bonchev–Trinajstić information content (AvgIpc) is 3.26. The lowest BCUT2D eigenvalue weighted by molar-refractivity contribution is -0.128. The van der Waals surface area contributed by atoms with Gasteiger partial charge in [0.05, 0.1) is 5.92 Å². The molecule has 2 amide bonds. The number of aromatic nitrogens is 3. The molecule has 25 heavy (non-hydrogen) atoms. The maximum absolute atomic E-state index is 12.9. The van der Waals surface area contributed by atoms with Crippen LogP contribution in [0.15, 0.2) is 36.7 Å². The average molecular weight is 339 g/mol. The first-order valence-corrected chi connectivity index (χ1v) is 8.73. The topological polar surface area (TPSA) is 71.3 Å². The molecule has 1 saturated heterocycles. The van der Waals surface area contributed by atoms with Gasteiger partial charge in [0.15, 0.2) is 0 Å². The van der Waals surface area contributed by atoms with Crippen molar-refractivity contribution in [3.05, 3.63) is 42.2 Å². The Hall–Kier alpha value is -2.70. The monoisotopic (exact) mass is 339 g/mol. The first-order chi connectivity index (χ1) is 12.2. The quantitative estimate of drug-likeness (QED) is 0.836. The van der Waals surface area contributed by atoms with E-state index in [9.17, 15) is 9.59 Å². The van der Waals surface area contributed by atoms with Crippen molar-refractivity contribution in [3.63, 3.8) is 0 Å². The number of carbonyl (C=O) groups is 2. The third-order valence-electron chi connectivity index (χ3n) is 4.93. The zero-order chi connectivity index (χ0) is 17.2. The fourth-order valence-corrected chi connectivity index (χ4v) is 3.59. The Kier molecular flexibility index (Phi) is 4.21. The van der Waals surface area contributed by atoms with Gasteiger partial charge < -0.3 is 4.90 Å². The van der Waals surface area contributed by atoms with Crippen LogP contribution >= 0.6 is 0 Å². The van der Waals surface area contributed by atoms with E-state index in [1.54, 1.807) is 9.58 Å². The summed E-state index contributed by atoms with van der Waals surface area (Å²) in [6.45, 7) is 2.58. The molecule has 2 aliphatic heterocycles. The summed E-state index contributed by atoms with van der Waals surface area (Å²) in [4.78, 5) is 32.9. The van der Waals surface area contributed by atoms with Gasteiger partial charge >= 0.3 is 0 Å². The standard InChI is InChI=1S/C18H21N5O2/c24-16-11-15(12-21(16)10-7-14-5-2-1-3-6-14)17(25)22-8-4-9-23-18(22)19-13-20-23/h1-3,5-6,13,15H,4,7-12H2/t15-/m1/s1. The molecule has 1 aromatic heterocycles. The van der Waals surface area contributed by atoms with E-state index in [0.717, 1.165) is 19.4 Å². The smallest absolute Gasteiger partial charge is 0.234 e. The molecular weight excluding hydrogens is 318 g/mol. The number of hydrogen-bond donors (Lipinski definition) is 0. The maximum atomic E-state index is 12.9. The van der Waals surface area contributed by atoms with Gasteiger partial charge in [0.1, 0.15) is 6.33 Å². The van der Waals surface area contributed by atoms with Crippen LogP contribution in [0.2, 0.25) is 0 Å². The molecule has 0 N–H and O–H groups in total. The molecule has 130 valence electrons. The minimum absolute atomic E-state index is 0.00971. The molecule has 7 heteroatoms. The Bertz CT molecular complexity index is 773. The summed E-state index contributed by atoms with van der Waals surface area (Å²) in [6, 6.07) is 10.1. The van der Waals surface area contributed by atoms with Crippen LogP contribution in [0.1, 0.15) is 18.4 Å². The fraction of sp³-hybridized carbons (Fsp3) is 0.444. The van der Waals surface area contributed by atoms with Crippen molar-refractivity contribution in [2.24, 2.45) is 5.92 Å². The van der Waals surface area contributed by atoms with E-state index < -0.39 is 0 Å². The Morgan fingerprint density at radius 3 is 2.88 bits per heavy atom. The van der Waals surface area contributed by atoms with E-state index in [2.05, 4.69) is 22.2 Å². The number of amides is 2. The summed E-state index contributed by atoms with van der Waals surface area (Å²) in [6.07, 6.45) is 3.44. The minimum atomic E-state index is -0.286. The summed E-state index contributed by atoms with van der Waals surface area (Å²) in [5, 5.41) is 4.14. The van der Waals surface area contributed by atoms with Crippen LogP contribution in [0.3, 0.4) is 0 Å². The Morgan fingerprint density at radius 2 is 2.04 bits per heavy atom. The predicted molar refractivity (Wildman–Crippen MR) is 91.8 cm³/mol. The van der Waals surface area contributed by atoms with Gasteiger partial charge in [0.2, 0.25) is 17.8 Å². The van der Waals surface area contributed by atoms with E-state index >= 15 is 0 Å². The first kappa shape index (κ1) is 15.8.